The van der Waals surface area contributed by atoms with Gasteiger partial charge < -0.3 is 4.42 Å². The summed E-state index contributed by atoms with van der Waals surface area (Å²) >= 11 is 0. The zero-order valence-electron chi connectivity index (χ0n) is 9.52. The lowest BCUT2D eigenvalue weighted by atomic mass is 10.2. The summed E-state index contributed by atoms with van der Waals surface area (Å²) in [6, 6.07) is 5.68. The fraction of sp³-hybridized carbons (Fsp3) is 0.333. The molecule has 4 nitrogen and oxygen atoms in total. The van der Waals surface area contributed by atoms with Crippen LogP contribution in [0.1, 0.15) is 19.8 Å². The molecule has 0 N–H and O–H groups in total. The average molecular weight is 236 g/mol. The molecule has 1 aromatic carbocycles. The summed E-state index contributed by atoms with van der Waals surface area (Å²) in [7, 11) is 0. The van der Waals surface area contributed by atoms with Gasteiger partial charge in [0, 0.05) is 12.1 Å². The molecule has 0 atom stereocenters. The Labute approximate surface area is 97.7 Å². The van der Waals surface area contributed by atoms with Crippen LogP contribution in [0, 0.1) is 5.82 Å². The Kier molecular flexibility index (Phi) is 3.37. The first-order valence-corrected chi connectivity index (χ1v) is 5.54. The van der Waals surface area contributed by atoms with Crippen LogP contribution < -0.4 is 5.76 Å². The number of unbranched alkanes of at least 4 members (excludes halogenated alkanes) is 1. The number of halogens is 1. The van der Waals surface area contributed by atoms with Gasteiger partial charge >= 0.3 is 5.76 Å². The number of hydrogen-bond acceptors (Lipinski definition) is 3. The molecule has 2 rings (SSSR count). The highest BCUT2D eigenvalue weighted by Crippen LogP contribution is 2.15. The minimum Gasteiger partial charge on any atom is -0.388 e. The van der Waals surface area contributed by atoms with E-state index in [9.17, 15) is 9.18 Å². The SMILES string of the molecule is CCCCn1nc(-c2ccc(F)cc2)oc1=O. The van der Waals surface area contributed by atoms with Gasteiger partial charge in [0.25, 0.3) is 0 Å². The first-order valence-electron chi connectivity index (χ1n) is 5.54. The molecule has 0 bridgehead atoms. The van der Waals surface area contributed by atoms with Crippen molar-refractivity contribution in [3.63, 3.8) is 0 Å². The lowest BCUT2D eigenvalue weighted by molar-refractivity contribution is 0.471. The molecule has 90 valence electrons. The lowest BCUT2D eigenvalue weighted by Crippen LogP contribution is -2.15. The van der Waals surface area contributed by atoms with Crippen molar-refractivity contribution in [2.75, 3.05) is 0 Å². The van der Waals surface area contributed by atoms with Gasteiger partial charge in [0.15, 0.2) is 0 Å². The summed E-state index contributed by atoms with van der Waals surface area (Å²) in [5.74, 6) is -0.578. The monoisotopic (exact) mass is 236 g/mol. The predicted molar refractivity (Wildman–Crippen MR) is 61.1 cm³/mol. The van der Waals surface area contributed by atoms with Gasteiger partial charge in [0.2, 0.25) is 5.89 Å². The molecule has 1 aromatic heterocycles. The average Bonchev–Trinajstić information content (AvgIpc) is 2.69. The van der Waals surface area contributed by atoms with Crippen LogP contribution >= 0.6 is 0 Å². The Hall–Kier alpha value is -1.91. The maximum Gasteiger partial charge on any atom is 0.437 e. The van der Waals surface area contributed by atoms with Crippen molar-refractivity contribution in [2.45, 2.75) is 26.3 Å². The van der Waals surface area contributed by atoms with Crippen LogP contribution in [0.2, 0.25) is 0 Å². The summed E-state index contributed by atoms with van der Waals surface area (Å²) in [5, 5.41) is 4.06. The largest absolute Gasteiger partial charge is 0.437 e. The number of aromatic nitrogens is 2. The molecule has 0 fully saturated rings. The fourth-order valence-electron chi connectivity index (χ4n) is 1.46. The zero-order chi connectivity index (χ0) is 12.3. The molecule has 0 unspecified atom stereocenters. The minimum absolute atomic E-state index is 0.228. The summed E-state index contributed by atoms with van der Waals surface area (Å²) < 4.78 is 19.0. The second kappa shape index (κ2) is 4.95. The lowest BCUT2D eigenvalue weighted by Gasteiger charge is -1.95. The number of nitrogens with zero attached hydrogens (tertiary/aromatic N) is 2. The molecule has 17 heavy (non-hydrogen) atoms. The van der Waals surface area contributed by atoms with Crippen molar-refractivity contribution in [2.24, 2.45) is 0 Å². The van der Waals surface area contributed by atoms with Crippen LogP contribution in [0.5, 0.6) is 0 Å². The molecule has 0 aliphatic carbocycles. The first-order chi connectivity index (χ1) is 8.20. The Morgan fingerprint density at radius 2 is 2.06 bits per heavy atom. The molecular formula is C12H13FN2O2. The molecule has 0 aliphatic heterocycles. The maximum absolute atomic E-state index is 12.7. The zero-order valence-corrected chi connectivity index (χ0v) is 9.52. The van der Waals surface area contributed by atoms with Crippen molar-refractivity contribution in [3.8, 4) is 11.5 Å². The highest BCUT2D eigenvalue weighted by molar-refractivity contribution is 5.51. The van der Waals surface area contributed by atoms with Crippen LogP contribution in [0.25, 0.3) is 11.5 Å². The van der Waals surface area contributed by atoms with E-state index < -0.39 is 5.76 Å². The second-order valence-electron chi connectivity index (χ2n) is 3.76. The van der Waals surface area contributed by atoms with Gasteiger partial charge in [-0.25, -0.2) is 9.18 Å². The summed E-state index contributed by atoms with van der Waals surface area (Å²) in [6.07, 6.45) is 1.85. The third kappa shape index (κ3) is 2.61. The van der Waals surface area contributed by atoms with Crippen LogP contribution in [-0.4, -0.2) is 9.78 Å². The van der Waals surface area contributed by atoms with Gasteiger partial charge in [0.05, 0.1) is 0 Å². The molecule has 0 amide bonds. The third-order valence-electron chi connectivity index (χ3n) is 2.42. The molecule has 1 heterocycles. The number of hydrogen-bond donors (Lipinski definition) is 0. The van der Waals surface area contributed by atoms with Crippen LogP contribution in [0.4, 0.5) is 4.39 Å². The molecule has 2 aromatic rings. The van der Waals surface area contributed by atoms with Gasteiger partial charge in [-0.05, 0) is 30.7 Å². The molecule has 5 heteroatoms. The van der Waals surface area contributed by atoms with Gasteiger partial charge in [-0.1, -0.05) is 13.3 Å². The number of aryl methyl sites for hydroxylation is 1. The molecule has 0 radical (unpaired) electrons. The quantitative estimate of drug-likeness (QED) is 0.819. The van der Waals surface area contributed by atoms with E-state index in [1.165, 1.54) is 28.9 Å². The summed E-state index contributed by atoms with van der Waals surface area (Å²) in [4.78, 5) is 11.4. The van der Waals surface area contributed by atoms with Gasteiger partial charge in [-0.15, -0.1) is 5.10 Å². The summed E-state index contributed by atoms with van der Waals surface area (Å²) in [6.45, 7) is 2.58. The Bertz CT molecular complexity index is 542. The third-order valence-corrected chi connectivity index (χ3v) is 2.42. The molecular weight excluding hydrogens is 223 g/mol. The van der Waals surface area contributed by atoms with E-state index in [-0.39, 0.29) is 11.7 Å². The van der Waals surface area contributed by atoms with E-state index in [2.05, 4.69) is 5.10 Å². The van der Waals surface area contributed by atoms with Crippen LogP contribution in [-0.2, 0) is 6.54 Å². The standard InChI is InChI=1S/C12H13FN2O2/c1-2-3-8-15-12(16)17-11(14-15)9-4-6-10(13)7-5-9/h4-7H,2-3,8H2,1H3. The van der Waals surface area contributed by atoms with E-state index in [0.29, 0.717) is 12.1 Å². The Morgan fingerprint density at radius 3 is 2.71 bits per heavy atom. The van der Waals surface area contributed by atoms with E-state index in [4.69, 9.17) is 4.42 Å². The van der Waals surface area contributed by atoms with E-state index in [0.717, 1.165) is 12.8 Å². The molecule has 0 aliphatic rings. The molecule has 0 saturated heterocycles. The van der Waals surface area contributed by atoms with Crippen molar-refractivity contribution >= 4 is 0 Å². The Balaban J connectivity index is 2.28. The van der Waals surface area contributed by atoms with Crippen LogP contribution in [0.3, 0.4) is 0 Å². The van der Waals surface area contributed by atoms with Gasteiger partial charge in [0.1, 0.15) is 5.82 Å². The van der Waals surface area contributed by atoms with E-state index >= 15 is 0 Å². The highest BCUT2D eigenvalue weighted by atomic mass is 19.1. The van der Waals surface area contributed by atoms with Gasteiger partial charge in [-0.3, -0.25) is 0 Å². The summed E-state index contributed by atoms with van der Waals surface area (Å²) in [5.41, 5.74) is 0.596. The van der Waals surface area contributed by atoms with Crippen molar-refractivity contribution in [1.29, 1.82) is 0 Å². The topological polar surface area (TPSA) is 48.0 Å². The molecule has 0 saturated carbocycles. The van der Waals surface area contributed by atoms with E-state index in [1.807, 2.05) is 6.92 Å². The first kappa shape index (κ1) is 11.6. The van der Waals surface area contributed by atoms with Gasteiger partial charge in [-0.2, -0.15) is 4.68 Å². The van der Waals surface area contributed by atoms with Crippen LogP contribution in [0.15, 0.2) is 33.5 Å². The number of benzene rings is 1. The van der Waals surface area contributed by atoms with Crippen molar-refractivity contribution in [1.82, 2.24) is 9.78 Å². The highest BCUT2D eigenvalue weighted by Gasteiger charge is 2.09. The Morgan fingerprint density at radius 1 is 1.35 bits per heavy atom. The van der Waals surface area contributed by atoms with E-state index in [1.54, 1.807) is 0 Å². The van der Waals surface area contributed by atoms with Crippen molar-refractivity contribution in [3.05, 3.63) is 40.6 Å². The maximum atomic E-state index is 12.7. The smallest absolute Gasteiger partial charge is 0.388 e. The second-order valence-corrected chi connectivity index (χ2v) is 3.76. The normalized spacial score (nSPS) is 10.7. The number of rotatable bonds is 4. The predicted octanol–water partition coefficient (Wildman–Crippen LogP) is 2.44. The van der Waals surface area contributed by atoms with Crippen molar-refractivity contribution < 1.29 is 8.81 Å². The minimum atomic E-state index is -0.474. The fourth-order valence-corrected chi connectivity index (χ4v) is 1.46. The molecule has 0 spiro atoms.